The zero-order valence-corrected chi connectivity index (χ0v) is 11.9. The minimum Gasteiger partial charge on any atom is -0.465 e. The highest BCUT2D eigenvalue weighted by atomic mass is 35.5. The molecule has 0 saturated heterocycles. The number of hydrogen-bond acceptors (Lipinski definition) is 5. The number of ether oxygens (including phenoxy) is 1. The van der Waals surface area contributed by atoms with Crippen molar-refractivity contribution in [2.24, 2.45) is 5.73 Å². The Morgan fingerprint density at radius 3 is 2.32 bits per heavy atom. The lowest BCUT2D eigenvalue weighted by Crippen LogP contribution is -2.24. The molecule has 5 nitrogen and oxygen atoms in total. The van der Waals surface area contributed by atoms with Gasteiger partial charge in [0, 0.05) is 25.7 Å². The van der Waals surface area contributed by atoms with Crippen LogP contribution in [0.3, 0.4) is 0 Å². The van der Waals surface area contributed by atoms with Crippen molar-refractivity contribution < 1.29 is 14.3 Å². The molecule has 1 aromatic carbocycles. The summed E-state index contributed by atoms with van der Waals surface area (Å²) in [5.74, 6) is -0.324. The second-order valence-corrected chi connectivity index (χ2v) is 3.95. The van der Waals surface area contributed by atoms with Gasteiger partial charge in [0.1, 0.15) is 5.78 Å². The van der Waals surface area contributed by atoms with E-state index >= 15 is 0 Å². The summed E-state index contributed by atoms with van der Waals surface area (Å²) in [6, 6.07) is 7.03. The van der Waals surface area contributed by atoms with Gasteiger partial charge in [-0.15, -0.1) is 12.4 Å². The third kappa shape index (κ3) is 5.28. The average molecular weight is 287 g/mol. The lowest BCUT2D eigenvalue weighted by molar-refractivity contribution is -0.117. The van der Waals surface area contributed by atoms with Crippen LogP contribution in [0, 0.1) is 0 Å². The quantitative estimate of drug-likeness (QED) is 0.797. The Labute approximate surface area is 119 Å². The molecule has 0 aliphatic rings. The normalized spacial score (nSPS) is 9.42. The van der Waals surface area contributed by atoms with Crippen LogP contribution in [0.5, 0.6) is 0 Å². The Morgan fingerprint density at radius 2 is 1.84 bits per heavy atom. The SMILES string of the molecule is COC(=O)c1ccc(N(C)CCC(=O)CN)cc1.Cl. The maximum absolute atomic E-state index is 11.3. The van der Waals surface area contributed by atoms with Crippen LogP contribution in [0.1, 0.15) is 16.8 Å². The molecule has 0 aromatic heterocycles. The summed E-state index contributed by atoms with van der Waals surface area (Å²) in [6.07, 6.45) is 0.422. The van der Waals surface area contributed by atoms with Gasteiger partial charge in [0.2, 0.25) is 0 Å². The van der Waals surface area contributed by atoms with Crippen molar-refractivity contribution >= 4 is 29.8 Å². The van der Waals surface area contributed by atoms with Crippen molar-refractivity contribution in [3.63, 3.8) is 0 Å². The number of ketones is 1. The molecule has 0 unspecified atom stereocenters. The first-order valence-electron chi connectivity index (χ1n) is 5.69. The fourth-order valence-electron chi connectivity index (χ4n) is 1.49. The second-order valence-electron chi connectivity index (χ2n) is 3.95. The molecule has 0 atom stereocenters. The van der Waals surface area contributed by atoms with Gasteiger partial charge in [0.25, 0.3) is 0 Å². The summed E-state index contributed by atoms with van der Waals surface area (Å²) in [4.78, 5) is 24.3. The fourth-order valence-corrected chi connectivity index (χ4v) is 1.49. The van der Waals surface area contributed by atoms with E-state index in [1.165, 1.54) is 7.11 Å². The first kappa shape index (κ1) is 17.4. The van der Waals surface area contributed by atoms with E-state index in [0.717, 1.165) is 5.69 Å². The summed E-state index contributed by atoms with van der Waals surface area (Å²) >= 11 is 0. The lowest BCUT2D eigenvalue weighted by Gasteiger charge is -2.18. The molecular weight excluding hydrogens is 268 g/mol. The highest BCUT2D eigenvalue weighted by molar-refractivity contribution is 5.89. The van der Waals surface area contributed by atoms with Gasteiger partial charge in [0.15, 0.2) is 0 Å². The molecule has 0 spiro atoms. The van der Waals surface area contributed by atoms with E-state index < -0.39 is 0 Å². The van der Waals surface area contributed by atoms with Crippen molar-refractivity contribution in [2.45, 2.75) is 6.42 Å². The highest BCUT2D eigenvalue weighted by Gasteiger charge is 2.07. The number of esters is 1. The smallest absolute Gasteiger partial charge is 0.337 e. The van der Waals surface area contributed by atoms with E-state index in [0.29, 0.717) is 18.5 Å². The zero-order chi connectivity index (χ0) is 13.5. The summed E-state index contributed by atoms with van der Waals surface area (Å²) < 4.78 is 4.62. The molecule has 19 heavy (non-hydrogen) atoms. The number of Topliss-reactive ketones (excluding diaryl/α,β-unsaturated/α-hetero) is 1. The number of methoxy groups -OCH3 is 1. The molecule has 1 aromatic rings. The summed E-state index contributed by atoms with van der Waals surface area (Å²) in [7, 11) is 3.23. The fraction of sp³-hybridized carbons (Fsp3) is 0.385. The number of nitrogens with zero attached hydrogens (tertiary/aromatic N) is 1. The van der Waals surface area contributed by atoms with Crippen LogP contribution in [-0.2, 0) is 9.53 Å². The summed E-state index contributed by atoms with van der Waals surface area (Å²) in [5, 5.41) is 0. The number of nitrogens with two attached hydrogens (primary N) is 1. The monoisotopic (exact) mass is 286 g/mol. The number of halogens is 1. The number of rotatable bonds is 6. The zero-order valence-electron chi connectivity index (χ0n) is 11.1. The van der Waals surface area contributed by atoms with Gasteiger partial charge in [-0.1, -0.05) is 0 Å². The Kier molecular flexibility index (Phi) is 7.79. The van der Waals surface area contributed by atoms with Crippen molar-refractivity contribution in [1.82, 2.24) is 0 Å². The maximum atomic E-state index is 11.3. The number of carbonyl (C=O) groups is 2. The van der Waals surface area contributed by atoms with E-state index in [4.69, 9.17) is 5.73 Å². The molecule has 6 heteroatoms. The van der Waals surface area contributed by atoms with Gasteiger partial charge in [-0.25, -0.2) is 4.79 Å². The highest BCUT2D eigenvalue weighted by Crippen LogP contribution is 2.14. The first-order chi connectivity index (χ1) is 8.58. The van der Waals surface area contributed by atoms with Crippen LogP contribution < -0.4 is 10.6 Å². The van der Waals surface area contributed by atoms with Crippen molar-refractivity contribution in [2.75, 3.05) is 32.1 Å². The third-order valence-corrected chi connectivity index (χ3v) is 2.68. The Hall–Kier alpha value is -1.59. The Morgan fingerprint density at radius 1 is 1.26 bits per heavy atom. The van der Waals surface area contributed by atoms with Gasteiger partial charge >= 0.3 is 5.97 Å². The largest absolute Gasteiger partial charge is 0.465 e. The minimum atomic E-state index is -0.359. The Bertz CT molecular complexity index is 420. The summed E-state index contributed by atoms with van der Waals surface area (Å²) in [6.45, 7) is 0.683. The standard InChI is InChI=1S/C13H18N2O3.ClH/c1-15(8-7-12(16)9-14)11-5-3-10(4-6-11)13(17)18-2;/h3-6H,7-9,14H2,1-2H3;1H. The number of hydrogen-bond donors (Lipinski definition) is 1. The van der Waals surface area contributed by atoms with E-state index in [1.54, 1.807) is 12.1 Å². The summed E-state index contributed by atoms with van der Waals surface area (Å²) in [5.41, 5.74) is 6.69. The molecule has 1 rings (SSSR count). The molecule has 2 N–H and O–H groups in total. The number of anilines is 1. The van der Waals surface area contributed by atoms with Crippen LogP contribution in [-0.4, -0.2) is 39.0 Å². The molecule has 0 amide bonds. The molecule has 0 aliphatic heterocycles. The van der Waals surface area contributed by atoms with Crippen molar-refractivity contribution in [1.29, 1.82) is 0 Å². The van der Waals surface area contributed by atoms with Crippen molar-refractivity contribution in [3.05, 3.63) is 29.8 Å². The van der Waals surface area contributed by atoms with Gasteiger partial charge < -0.3 is 15.4 Å². The minimum absolute atomic E-state index is 0. The molecular formula is C13H19ClN2O3. The molecule has 0 bridgehead atoms. The second kappa shape index (κ2) is 8.50. The molecule has 0 heterocycles. The molecule has 0 saturated carbocycles. The van der Waals surface area contributed by atoms with E-state index in [-0.39, 0.29) is 30.7 Å². The van der Waals surface area contributed by atoms with Gasteiger partial charge in [0.05, 0.1) is 19.2 Å². The number of benzene rings is 1. The molecule has 106 valence electrons. The molecule has 0 radical (unpaired) electrons. The topological polar surface area (TPSA) is 72.6 Å². The van der Waals surface area contributed by atoms with Gasteiger partial charge in [-0.2, -0.15) is 0 Å². The van der Waals surface area contributed by atoms with Crippen LogP contribution in [0.25, 0.3) is 0 Å². The van der Waals surface area contributed by atoms with E-state index in [1.807, 2.05) is 24.1 Å². The number of carbonyl (C=O) groups excluding carboxylic acids is 2. The Balaban J connectivity index is 0.00000324. The molecule has 0 aliphatic carbocycles. The van der Waals surface area contributed by atoms with Gasteiger partial charge in [-0.3, -0.25) is 4.79 Å². The van der Waals surface area contributed by atoms with E-state index in [9.17, 15) is 9.59 Å². The van der Waals surface area contributed by atoms with Crippen LogP contribution in [0.4, 0.5) is 5.69 Å². The maximum Gasteiger partial charge on any atom is 0.337 e. The van der Waals surface area contributed by atoms with Crippen LogP contribution >= 0.6 is 12.4 Å². The predicted octanol–water partition coefficient (Wildman–Crippen LogP) is 1.25. The average Bonchev–Trinajstić information content (AvgIpc) is 2.43. The lowest BCUT2D eigenvalue weighted by atomic mass is 10.2. The predicted molar refractivity (Wildman–Crippen MR) is 77.0 cm³/mol. The van der Waals surface area contributed by atoms with Crippen LogP contribution in [0.15, 0.2) is 24.3 Å². The van der Waals surface area contributed by atoms with E-state index in [2.05, 4.69) is 4.74 Å². The first-order valence-corrected chi connectivity index (χ1v) is 5.69. The van der Waals surface area contributed by atoms with Crippen LogP contribution in [0.2, 0.25) is 0 Å². The third-order valence-electron chi connectivity index (χ3n) is 2.68. The van der Waals surface area contributed by atoms with Gasteiger partial charge in [-0.05, 0) is 24.3 Å². The molecule has 0 fully saturated rings. The van der Waals surface area contributed by atoms with Crippen molar-refractivity contribution in [3.8, 4) is 0 Å².